The van der Waals surface area contributed by atoms with Crippen molar-refractivity contribution in [3.05, 3.63) is 29.3 Å². The molecule has 0 aromatic carbocycles. The van der Waals surface area contributed by atoms with E-state index in [0.717, 1.165) is 17.0 Å². The molecule has 0 aliphatic carbocycles. The van der Waals surface area contributed by atoms with Crippen LogP contribution in [0, 0.1) is 5.92 Å². The first-order valence-corrected chi connectivity index (χ1v) is 7.93. The van der Waals surface area contributed by atoms with E-state index in [1.54, 1.807) is 17.4 Å². The fraction of sp³-hybridized carbons (Fsp3) is 0.467. The van der Waals surface area contributed by atoms with E-state index in [1.807, 2.05) is 24.4 Å². The molecule has 0 saturated carbocycles. The molecule has 0 saturated heterocycles. The number of hydrogen-bond donors (Lipinski definition) is 3. The van der Waals surface area contributed by atoms with E-state index in [0.29, 0.717) is 18.2 Å². The molecular formula is C15H23ClN4OS. The van der Waals surface area contributed by atoms with Crippen molar-refractivity contribution in [1.29, 1.82) is 0 Å². The Morgan fingerprint density at radius 1 is 1.55 bits per heavy atom. The summed E-state index contributed by atoms with van der Waals surface area (Å²) >= 11 is 1.60. The Labute approximate surface area is 141 Å². The van der Waals surface area contributed by atoms with Gasteiger partial charge in [0.05, 0.1) is 16.1 Å². The number of amides is 1. The van der Waals surface area contributed by atoms with Gasteiger partial charge in [0, 0.05) is 6.54 Å². The second kappa shape index (κ2) is 7.76. The summed E-state index contributed by atoms with van der Waals surface area (Å²) in [5.74, 6) is 0.266. The van der Waals surface area contributed by atoms with Gasteiger partial charge in [-0.1, -0.05) is 19.9 Å². The zero-order valence-corrected chi connectivity index (χ0v) is 14.7. The molecule has 2 aromatic heterocycles. The fourth-order valence-electron chi connectivity index (χ4n) is 2.42. The van der Waals surface area contributed by atoms with E-state index in [2.05, 4.69) is 29.4 Å². The lowest BCUT2D eigenvalue weighted by Crippen LogP contribution is -2.52. The third-order valence-corrected chi connectivity index (χ3v) is 4.22. The summed E-state index contributed by atoms with van der Waals surface area (Å²) in [5.41, 5.74) is 6.66. The van der Waals surface area contributed by atoms with Crippen molar-refractivity contribution < 1.29 is 4.79 Å². The van der Waals surface area contributed by atoms with E-state index < -0.39 is 5.54 Å². The van der Waals surface area contributed by atoms with E-state index in [9.17, 15) is 4.79 Å². The molecule has 122 valence electrons. The Hall–Kier alpha value is -1.37. The van der Waals surface area contributed by atoms with Crippen LogP contribution in [-0.4, -0.2) is 28.2 Å². The minimum absolute atomic E-state index is 0. The first-order chi connectivity index (χ1) is 9.93. The molecule has 4 N–H and O–H groups in total. The number of halogens is 1. The zero-order valence-electron chi connectivity index (χ0n) is 13.1. The SMILES string of the molecule is CC(C)CC(C)(CN)NC(=O)c1cc(-c2cccs2)[nH]n1.Cl. The average Bonchev–Trinajstić information content (AvgIpc) is 3.08. The first kappa shape index (κ1) is 18.7. The number of nitrogens with two attached hydrogens (primary N) is 1. The molecule has 22 heavy (non-hydrogen) atoms. The third-order valence-electron chi connectivity index (χ3n) is 3.32. The molecule has 2 aromatic rings. The lowest BCUT2D eigenvalue weighted by atomic mass is 9.90. The van der Waals surface area contributed by atoms with Crippen LogP contribution in [-0.2, 0) is 0 Å². The standard InChI is InChI=1S/C15H22N4OS.ClH/c1-10(2)8-15(3,9-16)17-14(20)12-7-11(18-19-12)13-5-4-6-21-13;/h4-7,10H,8-9,16H2,1-3H3,(H,17,20)(H,18,19);1H. The highest BCUT2D eigenvalue weighted by Gasteiger charge is 2.27. The Morgan fingerprint density at radius 2 is 2.27 bits per heavy atom. The zero-order chi connectivity index (χ0) is 15.5. The van der Waals surface area contributed by atoms with Crippen molar-refractivity contribution in [3.63, 3.8) is 0 Å². The van der Waals surface area contributed by atoms with Crippen molar-refractivity contribution in [1.82, 2.24) is 15.5 Å². The lowest BCUT2D eigenvalue weighted by molar-refractivity contribution is 0.0893. The summed E-state index contributed by atoms with van der Waals surface area (Å²) in [6.45, 7) is 6.60. The summed E-state index contributed by atoms with van der Waals surface area (Å²) in [4.78, 5) is 13.4. The highest BCUT2D eigenvalue weighted by atomic mass is 35.5. The van der Waals surface area contributed by atoms with Crippen molar-refractivity contribution >= 4 is 29.7 Å². The highest BCUT2D eigenvalue weighted by molar-refractivity contribution is 7.13. The van der Waals surface area contributed by atoms with Crippen LogP contribution in [0.25, 0.3) is 10.6 Å². The van der Waals surface area contributed by atoms with Crippen LogP contribution in [0.5, 0.6) is 0 Å². The summed E-state index contributed by atoms with van der Waals surface area (Å²) in [6, 6.07) is 5.73. The number of thiophene rings is 1. The molecule has 0 fully saturated rings. The second-order valence-electron chi connectivity index (χ2n) is 5.96. The van der Waals surface area contributed by atoms with Gasteiger partial charge < -0.3 is 11.1 Å². The van der Waals surface area contributed by atoms with Crippen LogP contribution in [0.15, 0.2) is 23.6 Å². The Balaban J connectivity index is 0.00000242. The molecular weight excluding hydrogens is 320 g/mol. The summed E-state index contributed by atoms with van der Waals surface area (Å²) < 4.78 is 0. The van der Waals surface area contributed by atoms with Gasteiger partial charge in [0.2, 0.25) is 0 Å². The van der Waals surface area contributed by atoms with Crippen molar-refractivity contribution in [2.45, 2.75) is 32.7 Å². The van der Waals surface area contributed by atoms with E-state index in [1.165, 1.54) is 0 Å². The van der Waals surface area contributed by atoms with Gasteiger partial charge in [0.1, 0.15) is 0 Å². The third kappa shape index (κ3) is 4.56. The smallest absolute Gasteiger partial charge is 0.272 e. The second-order valence-corrected chi connectivity index (χ2v) is 6.91. The average molecular weight is 343 g/mol. The molecule has 2 heterocycles. The van der Waals surface area contributed by atoms with Crippen LogP contribution in [0.2, 0.25) is 0 Å². The van der Waals surface area contributed by atoms with Crippen LogP contribution in [0.3, 0.4) is 0 Å². The largest absolute Gasteiger partial charge is 0.344 e. The molecule has 0 aliphatic rings. The fourth-order valence-corrected chi connectivity index (χ4v) is 3.11. The maximum atomic E-state index is 12.3. The molecule has 1 atom stereocenters. The number of nitrogens with zero attached hydrogens (tertiary/aromatic N) is 1. The minimum atomic E-state index is -0.409. The molecule has 0 radical (unpaired) electrons. The number of aromatic amines is 1. The number of carbonyl (C=O) groups is 1. The Morgan fingerprint density at radius 3 is 2.82 bits per heavy atom. The first-order valence-electron chi connectivity index (χ1n) is 7.05. The normalized spacial score (nSPS) is 13.5. The van der Waals surface area contributed by atoms with Gasteiger partial charge in [0.25, 0.3) is 5.91 Å². The van der Waals surface area contributed by atoms with Crippen molar-refractivity contribution in [3.8, 4) is 10.6 Å². The maximum Gasteiger partial charge on any atom is 0.272 e. The van der Waals surface area contributed by atoms with Crippen molar-refractivity contribution in [2.24, 2.45) is 11.7 Å². The number of hydrogen-bond acceptors (Lipinski definition) is 4. The van der Waals surface area contributed by atoms with Gasteiger partial charge in [-0.25, -0.2) is 0 Å². The highest BCUT2D eigenvalue weighted by Crippen LogP contribution is 2.23. The van der Waals surface area contributed by atoms with Crippen LogP contribution in [0.1, 0.15) is 37.7 Å². The Kier molecular flexibility index (Phi) is 6.59. The minimum Gasteiger partial charge on any atom is -0.344 e. The summed E-state index contributed by atoms with van der Waals surface area (Å²) in [7, 11) is 0. The number of H-pyrrole nitrogens is 1. The van der Waals surface area contributed by atoms with Gasteiger partial charge in [0.15, 0.2) is 5.69 Å². The van der Waals surface area contributed by atoms with Crippen LogP contribution >= 0.6 is 23.7 Å². The summed E-state index contributed by atoms with van der Waals surface area (Å²) in [6.07, 6.45) is 0.831. The van der Waals surface area contributed by atoms with Gasteiger partial charge in [-0.3, -0.25) is 9.89 Å². The number of carbonyl (C=O) groups excluding carboxylic acids is 1. The maximum absolute atomic E-state index is 12.3. The van der Waals surface area contributed by atoms with E-state index >= 15 is 0 Å². The summed E-state index contributed by atoms with van der Waals surface area (Å²) in [5, 5.41) is 12.0. The molecule has 1 unspecified atom stereocenters. The molecule has 1 amide bonds. The Bertz CT molecular complexity index is 596. The molecule has 0 aliphatic heterocycles. The monoisotopic (exact) mass is 342 g/mol. The van der Waals surface area contributed by atoms with Gasteiger partial charge in [-0.15, -0.1) is 23.7 Å². The lowest BCUT2D eigenvalue weighted by Gasteiger charge is -2.30. The molecule has 0 bridgehead atoms. The molecule has 0 spiro atoms. The topological polar surface area (TPSA) is 83.8 Å². The predicted octanol–water partition coefficient (Wildman–Crippen LogP) is 3.05. The van der Waals surface area contributed by atoms with E-state index in [-0.39, 0.29) is 18.3 Å². The van der Waals surface area contributed by atoms with Crippen LogP contribution < -0.4 is 11.1 Å². The van der Waals surface area contributed by atoms with E-state index in [4.69, 9.17) is 5.73 Å². The van der Waals surface area contributed by atoms with Gasteiger partial charge in [-0.2, -0.15) is 5.10 Å². The number of rotatable bonds is 6. The van der Waals surface area contributed by atoms with Crippen molar-refractivity contribution in [2.75, 3.05) is 6.54 Å². The molecule has 5 nitrogen and oxygen atoms in total. The van der Waals surface area contributed by atoms with Gasteiger partial charge in [-0.05, 0) is 36.8 Å². The number of aromatic nitrogens is 2. The van der Waals surface area contributed by atoms with Gasteiger partial charge >= 0.3 is 0 Å². The molecule has 2 rings (SSSR count). The molecule has 7 heteroatoms. The predicted molar refractivity (Wildman–Crippen MR) is 93.5 cm³/mol. The quantitative estimate of drug-likeness (QED) is 0.754. The number of nitrogens with one attached hydrogen (secondary N) is 2. The van der Waals surface area contributed by atoms with Crippen LogP contribution in [0.4, 0.5) is 0 Å².